The lowest BCUT2D eigenvalue weighted by Crippen LogP contribution is -2.06. The molecule has 0 saturated carbocycles. The highest BCUT2D eigenvalue weighted by atomic mass is 14.8. The third kappa shape index (κ3) is 2.12. The molecular weight excluding hydrogens is 196 g/mol. The van der Waals surface area contributed by atoms with Crippen molar-refractivity contribution < 1.29 is 0 Å². The van der Waals surface area contributed by atoms with Gasteiger partial charge in [-0.25, -0.2) is 0 Å². The summed E-state index contributed by atoms with van der Waals surface area (Å²) in [6.45, 7) is 3.17. The molecule has 0 spiro atoms. The van der Waals surface area contributed by atoms with Crippen LogP contribution in [0, 0.1) is 0 Å². The Morgan fingerprint density at radius 2 is 2.31 bits per heavy atom. The summed E-state index contributed by atoms with van der Waals surface area (Å²) in [6, 6.07) is 0. The van der Waals surface area contributed by atoms with E-state index in [9.17, 15) is 0 Å². The van der Waals surface area contributed by atoms with Crippen molar-refractivity contribution in [3.8, 4) is 0 Å². The van der Waals surface area contributed by atoms with Crippen LogP contribution in [0.15, 0.2) is 24.4 Å². The zero-order chi connectivity index (χ0) is 11.4. The minimum Gasteiger partial charge on any atom is -0.361 e. The van der Waals surface area contributed by atoms with E-state index in [0.29, 0.717) is 0 Å². The summed E-state index contributed by atoms with van der Waals surface area (Å²) >= 11 is 0. The Bertz CT molecular complexity index is 410. The van der Waals surface area contributed by atoms with Crippen LogP contribution in [0.4, 0.5) is 0 Å². The normalized spacial score (nSPS) is 15.2. The summed E-state index contributed by atoms with van der Waals surface area (Å²) in [5.41, 5.74) is 5.66. The lowest BCUT2D eigenvalue weighted by Gasteiger charge is -2.10. The Hall–Kier alpha value is -1.28. The van der Waals surface area contributed by atoms with Crippen molar-refractivity contribution in [3.05, 3.63) is 41.2 Å². The van der Waals surface area contributed by atoms with Crippen LogP contribution in [0.5, 0.6) is 0 Å². The van der Waals surface area contributed by atoms with Gasteiger partial charge in [-0.2, -0.15) is 0 Å². The SMILES string of the molecule is CCc1c(CNC)c[nH]c1C1=CC=CCC1. The highest BCUT2D eigenvalue weighted by Crippen LogP contribution is 2.27. The van der Waals surface area contributed by atoms with Gasteiger partial charge >= 0.3 is 0 Å². The van der Waals surface area contributed by atoms with E-state index in [2.05, 4.69) is 41.6 Å². The molecule has 0 saturated heterocycles. The average Bonchev–Trinajstić information content (AvgIpc) is 2.73. The maximum Gasteiger partial charge on any atom is 0.0448 e. The molecule has 0 amide bonds. The van der Waals surface area contributed by atoms with E-state index >= 15 is 0 Å². The van der Waals surface area contributed by atoms with Gasteiger partial charge in [-0.15, -0.1) is 0 Å². The van der Waals surface area contributed by atoms with E-state index in [1.54, 1.807) is 0 Å². The van der Waals surface area contributed by atoms with E-state index in [0.717, 1.165) is 25.8 Å². The summed E-state index contributed by atoms with van der Waals surface area (Å²) in [4.78, 5) is 3.44. The molecule has 0 aliphatic heterocycles. The summed E-state index contributed by atoms with van der Waals surface area (Å²) < 4.78 is 0. The zero-order valence-electron chi connectivity index (χ0n) is 10.1. The quantitative estimate of drug-likeness (QED) is 0.795. The Labute approximate surface area is 97.5 Å². The van der Waals surface area contributed by atoms with Crippen molar-refractivity contribution in [3.63, 3.8) is 0 Å². The molecule has 1 aromatic heterocycles. The lowest BCUT2D eigenvalue weighted by molar-refractivity contribution is 0.808. The van der Waals surface area contributed by atoms with Crippen LogP contribution in [0.2, 0.25) is 0 Å². The number of hydrogen-bond donors (Lipinski definition) is 2. The molecule has 2 N–H and O–H groups in total. The predicted octanol–water partition coefficient (Wildman–Crippen LogP) is 3.03. The van der Waals surface area contributed by atoms with E-state index in [1.807, 2.05) is 7.05 Å². The predicted molar refractivity (Wildman–Crippen MR) is 69.3 cm³/mol. The van der Waals surface area contributed by atoms with E-state index in [1.165, 1.54) is 22.4 Å². The third-order valence-corrected chi connectivity index (χ3v) is 3.14. The van der Waals surface area contributed by atoms with E-state index in [4.69, 9.17) is 0 Å². The highest BCUT2D eigenvalue weighted by Gasteiger charge is 2.12. The van der Waals surface area contributed by atoms with Crippen LogP contribution >= 0.6 is 0 Å². The first-order valence-electron chi connectivity index (χ1n) is 6.06. The molecule has 2 nitrogen and oxygen atoms in total. The molecule has 16 heavy (non-hydrogen) atoms. The molecule has 1 aliphatic carbocycles. The van der Waals surface area contributed by atoms with Crippen LogP contribution in [0.25, 0.3) is 5.57 Å². The van der Waals surface area contributed by atoms with Crippen molar-refractivity contribution >= 4 is 5.57 Å². The van der Waals surface area contributed by atoms with Crippen molar-refractivity contribution in [2.45, 2.75) is 32.7 Å². The topological polar surface area (TPSA) is 27.8 Å². The maximum absolute atomic E-state index is 3.44. The second-order valence-corrected chi connectivity index (χ2v) is 4.21. The van der Waals surface area contributed by atoms with Gasteiger partial charge < -0.3 is 10.3 Å². The van der Waals surface area contributed by atoms with Crippen molar-refractivity contribution in [2.24, 2.45) is 0 Å². The molecule has 0 unspecified atom stereocenters. The molecule has 2 rings (SSSR count). The zero-order valence-corrected chi connectivity index (χ0v) is 10.1. The standard InChI is InChI=1S/C14H20N2/c1-3-13-12(9-15-2)10-16-14(13)11-7-5-4-6-8-11/h4-5,7,10,15-16H,3,6,8-9H2,1-2H3. The summed E-state index contributed by atoms with van der Waals surface area (Å²) in [7, 11) is 1.99. The molecule has 86 valence electrons. The van der Waals surface area contributed by atoms with Crippen molar-refractivity contribution in [1.29, 1.82) is 0 Å². The largest absolute Gasteiger partial charge is 0.361 e. The first kappa shape index (κ1) is 11.2. The molecule has 1 aromatic rings. The van der Waals surface area contributed by atoms with Gasteiger partial charge in [-0.3, -0.25) is 0 Å². The second kappa shape index (κ2) is 5.17. The molecule has 0 radical (unpaired) electrons. The number of nitrogens with one attached hydrogen (secondary N) is 2. The first-order chi connectivity index (χ1) is 7.86. The molecule has 1 heterocycles. The average molecular weight is 216 g/mol. The minimum absolute atomic E-state index is 0.947. The second-order valence-electron chi connectivity index (χ2n) is 4.21. The van der Waals surface area contributed by atoms with Crippen molar-refractivity contribution in [1.82, 2.24) is 10.3 Å². The van der Waals surface area contributed by atoms with Crippen LogP contribution in [0.1, 0.15) is 36.6 Å². The van der Waals surface area contributed by atoms with Gasteiger partial charge in [0.1, 0.15) is 0 Å². The number of H-pyrrole nitrogens is 1. The molecule has 1 aliphatic rings. The van der Waals surface area contributed by atoms with Gasteiger partial charge in [0.2, 0.25) is 0 Å². The number of rotatable bonds is 4. The Balaban J connectivity index is 2.33. The van der Waals surface area contributed by atoms with E-state index < -0.39 is 0 Å². The van der Waals surface area contributed by atoms with Crippen LogP contribution < -0.4 is 5.32 Å². The number of allylic oxidation sites excluding steroid dienone is 4. The smallest absolute Gasteiger partial charge is 0.0448 e. The summed E-state index contributed by atoms with van der Waals surface area (Å²) in [6.07, 6.45) is 12.2. The van der Waals surface area contributed by atoms with Gasteiger partial charge in [-0.1, -0.05) is 25.2 Å². The lowest BCUT2D eigenvalue weighted by atomic mass is 9.97. The van der Waals surface area contributed by atoms with Gasteiger partial charge in [0.25, 0.3) is 0 Å². The van der Waals surface area contributed by atoms with Gasteiger partial charge in [0.05, 0.1) is 0 Å². The molecule has 0 aromatic carbocycles. The minimum atomic E-state index is 0.947. The fraction of sp³-hybridized carbons (Fsp3) is 0.429. The fourth-order valence-electron chi connectivity index (χ4n) is 2.34. The molecule has 2 heteroatoms. The number of hydrogen-bond acceptors (Lipinski definition) is 1. The Kier molecular flexibility index (Phi) is 3.62. The fourth-order valence-corrected chi connectivity index (χ4v) is 2.34. The van der Waals surface area contributed by atoms with Gasteiger partial charge in [-0.05, 0) is 43.0 Å². The Morgan fingerprint density at radius 3 is 2.94 bits per heavy atom. The van der Waals surface area contributed by atoms with Crippen LogP contribution in [0.3, 0.4) is 0 Å². The molecule has 0 bridgehead atoms. The van der Waals surface area contributed by atoms with Crippen LogP contribution in [-0.4, -0.2) is 12.0 Å². The maximum atomic E-state index is 3.44. The summed E-state index contributed by atoms with van der Waals surface area (Å²) in [5, 5.41) is 3.22. The number of aromatic amines is 1. The van der Waals surface area contributed by atoms with Gasteiger partial charge in [0, 0.05) is 18.4 Å². The summed E-state index contributed by atoms with van der Waals surface area (Å²) in [5.74, 6) is 0. The third-order valence-electron chi connectivity index (χ3n) is 3.14. The van der Waals surface area contributed by atoms with E-state index in [-0.39, 0.29) is 0 Å². The van der Waals surface area contributed by atoms with Crippen molar-refractivity contribution in [2.75, 3.05) is 7.05 Å². The monoisotopic (exact) mass is 216 g/mol. The molecule has 0 fully saturated rings. The van der Waals surface area contributed by atoms with Crippen LogP contribution in [-0.2, 0) is 13.0 Å². The Morgan fingerprint density at radius 1 is 1.44 bits per heavy atom. The molecular formula is C14H20N2. The number of aromatic nitrogens is 1. The molecule has 0 atom stereocenters. The van der Waals surface area contributed by atoms with Gasteiger partial charge in [0.15, 0.2) is 0 Å². The first-order valence-corrected chi connectivity index (χ1v) is 6.06. The highest BCUT2D eigenvalue weighted by molar-refractivity contribution is 5.69.